The highest BCUT2D eigenvalue weighted by Gasteiger charge is 2.26. The van der Waals surface area contributed by atoms with Crippen molar-refractivity contribution in [3.05, 3.63) is 27.7 Å². The molecule has 2 rings (SSSR count). The van der Waals surface area contributed by atoms with Crippen LogP contribution in [0.3, 0.4) is 0 Å². The normalized spacial score (nSPS) is 25.7. The van der Waals surface area contributed by atoms with Crippen LogP contribution in [0.5, 0.6) is 0 Å². The SMILES string of the molecule is CC1CN(Cc2cc(Cl)c(N)c(Cl)c2)CC(C)N1C. The molecule has 0 saturated carbocycles. The maximum absolute atomic E-state index is 6.08. The van der Waals surface area contributed by atoms with Gasteiger partial charge in [0.25, 0.3) is 0 Å². The first-order chi connectivity index (χ1) is 8.88. The van der Waals surface area contributed by atoms with Crippen molar-refractivity contribution in [1.82, 2.24) is 9.80 Å². The van der Waals surface area contributed by atoms with Crippen molar-refractivity contribution in [3.63, 3.8) is 0 Å². The fourth-order valence-electron chi connectivity index (χ4n) is 2.63. The molecule has 3 nitrogen and oxygen atoms in total. The number of nitrogens with two attached hydrogens (primary N) is 1. The molecule has 1 heterocycles. The second-order valence-corrected chi connectivity index (χ2v) is 6.35. The highest BCUT2D eigenvalue weighted by molar-refractivity contribution is 6.38. The average Bonchev–Trinajstić information content (AvgIpc) is 2.33. The van der Waals surface area contributed by atoms with Gasteiger partial charge in [-0.2, -0.15) is 0 Å². The zero-order valence-electron chi connectivity index (χ0n) is 11.7. The Morgan fingerprint density at radius 2 is 1.63 bits per heavy atom. The minimum Gasteiger partial charge on any atom is -0.396 e. The lowest BCUT2D eigenvalue weighted by atomic mass is 10.1. The van der Waals surface area contributed by atoms with Crippen LogP contribution in [0.25, 0.3) is 0 Å². The van der Waals surface area contributed by atoms with Gasteiger partial charge in [0.1, 0.15) is 0 Å². The van der Waals surface area contributed by atoms with Crippen LogP contribution < -0.4 is 5.73 Å². The van der Waals surface area contributed by atoms with Crippen molar-refractivity contribution in [2.45, 2.75) is 32.5 Å². The number of nitrogens with zero attached hydrogens (tertiary/aromatic N) is 2. The van der Waals surface area contributed by atoms with Gasteiger partial charge in [0.15, 0.2) is 0 Å². The molecule has 0 spiro atoms. The van der Waals surface area contributed by atoms with Crippen LogP contribution in [-0.2, 0) is 6.54 Å². The van der Waals surface area contributed by atoms with Gasteiger partial charge < -0.3 is 5.73 Å². The van der Waals surface area contributed by atoms with Gasteiger partial charge in [0.05, 0.1) is 15.7 Å². The van der Waals surface area contributed by atoms with Gasteiger partial charge >= 0.3 is 0 Å². The topological polar surface area (TPSA) is 32.5 Å². The van der Waals surface area contributed by atoms with Gasteiger partial charge in [-0.05, 0) is 38.6 Å². The summed E-state index contributed by atoms with van der Waals surface area (Å²) in [7, 11) is 2.18. The molecule has 1 fully saturated rings. The lowest BCUT2D eigenvalue weighted by Gasteiger charge is -2.42. The number of likely N-dealkylation sites (N-methyl/N-ethyl adjacent to an activating group) is 1. The Balaban J connectivity index is 2.09. The smallest absolute Gasteiger partial charge is 0.0693 e. The highest BCUT2D eigenvalue weighted by Crippen LogP contribution is 2.29. The van der Waals surface area contributed by atoms with E-state index in [9.17, 15) is 0 Å². The van der Waals surface area contributed by atoms with Gasteiger partial charge in [-0.15, -0.1) is 0 Å². The molecule has 2 atom stereocenters. The Kier molecular flexibility index (Phi) is 4.62. The summed E-state index contributed by atoms with van der Waals surface area (Å²) < 4.78 is 0. The van der Waals surface area contributed by atoms with Crippen molar-refractivity contribution >= 4 is 28.9 Å². The molecule has 1 aliphatic heterocycles. The highest BCUT2D eigenvalue weighted by atomic mass is 35.5. The number of nitrogen functional groups attached to an aromatic ring is 1. The molecule has 1 aliphatic rings. The van der Waals surface area contributed by atoms with E-state index in [0.29, 0.717) is 27.8 Å². The molecule has 1 aromatic carbocycles. The lowest BCUT2D eigenvalue weighted by molar-refractivity contribution is 0.0556. The van der Waals surface area contributed by atoms with Crippen molar-refractivity contribution < 1.29 is 0 Å². The summed E-state index contributed by atoms with van der Waals surface area (Å²) in [6.45, 7) is 7.49. The minimum atomic E-state index is 0.465. The predicted molar refractivity (Wildman–Crippen MR) is 82.8 cm³/mol. The Bertz CT molecular complexity index is 429. The van der Waals surface area contributed by atoms with Crippen LogP contribution in [0.1, 0.15) is 19.4 Å². The van der Waals surface area contributed by atoms with E-state index in [1.54, 1.807) is 0 Å². The zero-order valence-corrected chi connectivity index (χ0v) is 13.2. The first-order valence-corrected chi connectivity index (χ1v) is 7.31. The molecular weight excluding hydrogens is 281 g/mol. The molecule has 0 aromatic heterocycles. The van der Waals surface area contributed by atoms with E-state index in [1.165, 1.54) is 0 Å². The molecule has 0 radical (unpaired) electrons. The predicted octanol–water partition coefficient (Wildman–Crippen LogP) is 3.10. The first-order valence-electron chi connectivity index (χ1n) is 6.56. The van der Waals surface area contributed by atoms with Crippen molar-refractivity contribution in [2.24, 2.45) is 0 Å². The van der Waals surface area contributed by atoms with Gasteiger partial charge in [0, 0.05) is 31.7 Å². The van der Waals surface area contributed by atoms with E-state index in [-0.39, 0.29) is 0 Å². The molecule has 1 saturated heterocycles. The number of rotatable bonds is 2. The Morgan fingerprint density at radius 1 is 1.16 bits per heavy atom. The van der Waals surface area contributed by atoms with E-state index in [0.717, 1.165) is 25.2 Å². The van der Waals surface area contributed by atoms with Gasteiger partial charge in [0.2, 0.25) is 0 Å². The van der Waals surface area contributed by atoms with Crippen molar-refractivity contribution in [2.75, 3.05) is 25.9 Å². The van der Waals surface area contributed by atoms with Crippen LogP contribution in [0.2, 0.25) is 10.0 Å². The van der Waals surface area contributed by atoms with E-state index in [4.69, 9.17) is 28.9 Å². The van der Waals surface area contributed by atoms with Gasteiger partial charge in [-0.3, -0.25) is 9.80 Å². The third kappa shape index (κ3) is 3.34. The monoisotopic (exact) mass is 301 g/mol. The lowest BCUT2D eigenvalue weighted by Crippen LogP contribution is -2.54. The van der Waals surface area contributed by atoms with Crippen molar-refractivity contribution in [3.8, 4) is 0 Å². The average molecular weight is 302 g/mol. The summed E-state index contributed by atoms with van der Waals surface area (Å²) >= 11 is 12.2. The van der Waals surface area contributed by atoms with Crippen LogP contribution in [-0.4, -0.2) is 42.0 Å². The molecule has 1 aromatic rings. The van der Waals surface area contributed by atoms with Crippen molar-refractivity contribution in [1.29, 1.82) is 0 Å². The summed E-state index contributed by atoms with van der Waals surface area (Å²) in [5.74, 6) is 0. The summed E-state index contributed by atoms with van der Waals surface area (Å²) in [6.07, 6.45) is 0. The Morgan fingerprint density at radius 3 is 2.11 bits per heavy atom. The van der Waals surface area contributed by atoms with E-state index < -0.39 is 0 Å². The maximum Gasteiger partial charge on any atom is 0.0693 e. The minimum absolute atomic E-state index is 0.465. The maximum atomic E-state index is 6.08. The fourth-order valence-corrected chi connectivity index (χ4v) is 3.16. The van der Waals surface area contributed by atoms with E-state index in [1.807, 2.05) is 12.1 Å². The third-order valence-electron chi connectivity index (χ3n) is 3.98. The molecule has 0 aliphatic carbocycles. The molecule has 106 valence electrons. The molecule has 0 amide bonds. The second kappa shape index (κ2) is 5.88. The fraction of sp³-hybridized carbons (Fsp3) is 0.571. The van der Waals surface area contributed by atoms with E-state index >= 15 is 0 Å². The van der Waals surface area contributed by atoms with E-state index in [2.05, 4.69) is 30.7 Å². The largest absolute Gasteiger partial charge is 0.396 e. The molecule has 2 unspecified atom stereocenters. The van der Waals surface area contributed by atoms with Crippen LogP contribution in [0.15, 0.2) is 12.1 Å². The van der Waals surface area contributed by atoms with Crippen LogP contribution >= 0.6 is 23.2 Å². The number of hydrogen-bond acceptors (Lipinski definition) is 3. The molecule has 0 bridgehead atoms. The summed E-state index contributed by atoms with van der Waals surface area (Å²) in [5.41, 5.74) is 7.35. The quantitative estimate of drug-likeness (QED) is 0.852. The third-order valence-corrected chi connectivity index (χ3v) is 4.61. The standard InChI is InChI=1S/C14H21Cl2N3/c1-9-6-19(7-10(2)18(9)3)8-11-4-12(15)14(17)13(16)5-11/h4-5,9-10H,6-8,17H2,1-3H3. The number of anilines is 1. The number of piperazine rings is 1. The number of hydrogen-bond donors (Lipinski definition) is 1. The van der Waals surface area contributed by atoms with Gasteiger partial charge in [-0.25, -0.2) is 0 Å². The molecule has 2 N–H and O–H groups in total. The second-order valence-electron chi connectivity index (χ2n) is 5.53. The van der Waals surface area contributed by atoms with Crippen LogP contribution in [0.4, 0.5) is 5.69 Å². The number of benzene rings is 1. The summed E-state index contributed by atoms with van der Waals surface area (Å²) in [6, 6.07) is 4.94. The number of halogens is 2. The Labute approximate surface area is 125 Å². The molecular formula is C14H21Cl2N3. The molecule has 19 heavy (non-hydrogen) atoms. The summed E-state index contributed by atoms with van der Waals surface area (Å²) in [4.78, 5) is 4.85. The summed E-state index contributed by atoms with van der Waals surface area (Å²) in [5, 5.41) is 1.08. The Hall–Kier alpha value is -0.480. The first kappa shape index (κ1) is 14.9. The molecule has 5 heteroatoms. The van der Waals surface area contributed by atoms with Gasteiger partial charge in [-0.1, -0.05) is 23.2 Å². The van der Waals surface area contributed by atoms with Crippen LogP contribution in [0, 0.1) is 0 Å². The zero-order chi connectivity index (χ0) is 14.2.